The molecule has 0 N–H and O–H groups in total. The minimum atomic E-state index is -0.635. The summed E-state index contributed by atoms with van der Waals surface area (Å²) in [6, 6.07) is 53.4. The predicted molar refractivity (Wildman–Crippen MR) is 234 cm³/mol. The maximum absolute atomic E-state index is 14.4. The molecule has 59 heavy (non-hydrogen) atoms. The number of allylic oxidation sites excluding steroid dienone is 1. The summed E-state index contributed by atoms with van der Waals surface area (Å²) < 4.78 is 13.0. The molecule has 0 saturated heterocycles. The first kappa shape index (κ1) is 37.5. The smallest absolute Gasteiger partial charge is 0.404 e. The Morgan fingerprint density at radius 3 is 1.90 bits per heavy atom. The minimum Gasteiger partial charge on any atom is -0.465 e. The van der Waals surface area contributed by atoms with Crippen LogP contribution < -0.4 is 5.01 Å². The largest absolute Gasteiger partial charge is 0.465 e. The second kappa shape index (κ2) is 15.3. The van der Waals surface area contributed by atoms with Crippen LogP contribution in [0.25, 0.3) is 17.2 Å². The Kier molecular flexibility index (Phi) is 9.73. The molecule has 2 heterocycles. The third kappa shape index (κ3) is 6.49. The number of fused-ring (bicyclic) bond motifs is 4. The lowest BCUT2D eigenvalue weighted by molar-refractivity contribution is -0.378. The first-order chi connectivity index (χ1) is 28.8. The first-order valence-corrected chi connectivity index (χ1v) is 19.9. The molecule has 0 bridgehead atoms. The summed E-state index contributed by atoms with van der Waals surface area (Å²) in [5.41, 5.74) is 11.6. The number of nitrogens with zero attached hydrogens (tertiary/aromatic N) is 3. The summed E-state index contributed by atoms with van der Waals surface area (Å²) in [6.07, 6.45) is 4.91. The fraction of sp³-hybridized carbons (Fsp3) is 0.154. The highest BCUT2D eigenvalue weighted by Gasteiger charge is 2.51. The van der Waals surface area contributed by atoms with Crippen molar-refractivity contribution in [3.63, 3.8) is 0 Å². The van der Waals surface area contributed by atoms with Crippen LogP contribution in [0.2, 0.25) is 0 Å². The van der Waals surface area contributed by atoms with Gasteiger partial charge < -0.3 is 9.47 Å². The van der Waals surface area contributed by atoms with Gasteiger partial charge in [-0.1, -0.05) is 140 Å². The third-order valence-corrected chi connectivity index (χ3v) is 11.9. The van der Waals surface area contributed by atoms with E-state index in [1.807, 2.05) is 71.3 Å². The van der Waals surface area contributed by atoms with Crippen molar-refractivity contribution >= 4 is 40.8 Å². The Morgan fingerprint density at radius 2 is 1.25 bits per heavy atom. The molecule has 6 aromatic carbocycles. The molecule has 1 atom stereocenters. The number of hydrogen-bond acceptors (Lipinski definition) is 6. The molecular formula is C52H44N3O4+. The van der Waals surface area contributed by atoms with Crippen molar-refractivity contribution in [2.75, 3.05) is 19.2 Å². The molecule has 1 aliphatic carbocycles. The molecule has 7 nitrogen and oxygen atoms in total. The summed E-state index contributed by atoms with van der Waals surface area (Å²) in [4.78, 5) is 28.7. The molecular weight excluding hydrogens is 731 g/mol. The van der Waals surface area contributed by atoms with E-state index in [0.29, 0.717) is 0 Å². The second-order valence-electron chi connectivity index (χ2n) is 15.5. The lowest BCUT2D eigenvalue weighted by atomic mass is 9.81. The van der Waals surface area contributed by atoms with Gasteiger partial charge in [0.05, 0.1) is 37.1 Å². The van der Waals surface area contributed by atoms with Crippen molar-refractivity contribution in [2.45, 2.75) is 37.6 Å². The molecule has 9 rings (SSSR count). The average Bonchev–Trinajstić information content (AvgIpc) is 3.94. The zero-order chi connectivity index (χ0) is 40.7. The quantitative estimate of drug-likeness (QED) is 0.0831. The van der Waals surface area contributed by atoms with Gasteiger partial charge in [0.2, 0.25) is 5.69 Å². The van der Waals surface area contributed by atoms with E-state index in [4.69, 9.17) is 14.6 Å². The van der Waals surface area contributed by atoms with Gasteiger partial charge in [-0.15, -0.1) is 4.58 Å². The maximum Gasteiger partial charge on any atom is 0.404 e. The Hall–Kier alpha value is -7.12. The normalized spacial score (nSPS) is 17.0. The van der Waals surface area contributed by atoms with Gasteiger partial charge in [-0.05, 0) is 71.0 Å². The van der Waals surface area contributed by atoms with Gasteiger partial charge in [0.15, 0.2) is 5.71 Å². The van der Waals surface area contributed by atoms with Crippen molar-refractivity contribution in [1.82, 2.24) is 0 Å². The van der Waals surface area contributed by atoms with Crippen molar-refractivity contribution in [1.29, 1.82) is 0 Å². The molecule has 0 saturated carbocycles. The molecule has 0 aromatic heterocycles. The van der Waals surface area contributed by atoms with Crippen LogP contribution in [0, 0.1) is 0 Å². The van der Waals surface area contributed by atoms with Gasteiger partial charge in [-0.3, -0.25) is 5.01 Å². The summed E-state index contributed by atoms with van der Waals surface area (Å²) in [6.45, 7) is 4.28. The number of esters is 2. The molecule has 290 valence electrons. The first-order valence-electron chi connectivity index (χ1n) is 19.9. The number of hydrogen-bond donors (Lipinski definition) is 0. The summed E-state index contributed by atoms with van der Waals surface area (Å²) >= 11 is 0. The Morgan fingerprint density at radius 1 is 0.678 bits per heavy atom. The number of anilines is 1. The lowest BCUT2D eigenvalue weighted by Gasteiger charge is -2.24. The van der Waals surface area contributed by atoms with Gasteiger partial charge in [-0.2, -0.15) is 5.10 Å². The number of rotatable bonds is 9. The highest BCUT2D eigenvalue weighted by atomic mass is 16.5. The molecule has 0 spiro atoms. The van der Waals surface area contributed by atoms with E-state index in [-0.39, 0.29) is 17.3 Å². The Bertz CT molecular complexity index is 2680. The average molecular weight is 775 g/mol. The van der Waals surface area contributed by atoms with Gasteiger partial charge in [0.25, 0.3) is 0 Å². The SMILES string of the molecule is COC(=O)/C(=C(/C(=O)OC)[N+]1=C(/C=C/c2ccc(N3N=C(c4ccccc4)CC3c3ccccc3)cc2)C(C)(C)c2ccccc21)C1c2ccccc2-c2ccccc21. The number of methoxy groups -OCH3 is 2. The number of hydrazone groups is 1. The number of benzene rings is 6. The molecule has 0 fully saturated rings. The molecule has 3 aliphatic rings. The van der Waals surface area contributed by atoms with Crippen LogP contribution in [0.3, 0.4) is 0 Å². The summed E-state index contributed by atoms with van der Waals surface area (Å²) in [7, 11) is 2.71. The van der Waals surface area contributed by atoms with Gasteiger partial charge in [-0.25, -0.2) is 9.59 Å². The van der Waals surface area contributed by atoms with Crippen molar-refractivity contribution in [3.8, 4) is 11.1 Å². The highest BCUT2D eigenvalue weighted by molar-refractivity contribution is 6.09. The Labute approximate surface area is 344 Å². The maximum atomic E-state index is 14.4. The van der Waals surface area contributed by atoms with Crippen molar-refractivity contribution in [3.05, 3.63) is 208 Å². The Balaban J connectivity index is 1.17. The van der Waals surface area contributed by atoms with Crippen molar-refractivity contribution < 1.29 is 23.6 Å². The standard InChI is InChI=1S/C52H44N3O4/c1-52(2)42-25-15-16-26-44(42)54(49(51(57)59-4)48(50(56)58-3)47-40-23-13-11-21-38(40)39-22-12-14-24-41(39)47)46(52)32-29-34-27-30-37(31-28-34)55-45(36-19-9-6-10-20-36)33-43(53-55)35-17-7-5-8-18-35/h5-32,45,47H,33H2,1-4H3/q+1/b49-48-. The van der Waals surface area contributed by atoms with Crippen LogP contribution in [0.4, 0.5) is 11.4 Å². The van der Waals surface area contributed by atoms with Crippen LogP contribution >= 0.6 is 0 Å². The number of ether oxygens (including phenoxy) is 2. The van der Waals surface area contributed by atoms with Crippen LogP contribution in [0.15, 0.2) is 180 Å². The van der Waals surface area contributed by atoms with E-state index >= 15 is 0 Å². The van der Waals surface area contributed by atoms with Gasteiger partial charge in [0, 0.05) is 30.0 Å². The molecule has 7 heteroatoms. The van der Waals surface area contributed by atoms with E-state index in [1.54, 1.807) is 0 Å². The van der Waals surface area contributed by atoms with Crippen LogP contribution in [0.1, 0.15) is 65.6 Å². The van der Waals surface area contributed by atoms with E-state index in [1.165, 1.54) is 19.8 Å². The third-order valence-electron chi connectivity index (χ3n) is 11.9. The minimum absolute atomic E-state index is 0.0565. The fourth-order valence-electron chi connectivity index (χ4n) is 9.02. The number of carbonyl (C=O) groups excluding carboxylic acids is 2. The summed E-state index contributed by atoms with van der Waals surface area (Å²) in [5, 5.41) is 7.28. The van der Waals surface area contributed by atoms with E-state index in [2.05, 4.69) is 122 Å². The molecule has 1 unspecified atom stereocenters. The lowest BCUT2D eigenvalue weighted by Crippen LogP contribution is -2.31. The van der Waals surface area contributed by atoms with Gasteiger partial charge in [0.1, 0.15) is 5.57 Å². The van der Waals surface area contributed by atoms with E-state index in [9.17, 15) is 9.59 Å². The monoisotopic (exact) mass is 774 g/mol. The van der Waals surface area contributed by atoms with E-state index < -0.39 is 23.3 Å². The zero-order valence-electron chi connectivity index (χ0n) is 33.5. The number of para-hydroxylation sites is 1. The topological polar surface area (TPSA) is 71.2 Å². The number of carbonyl (C=O) groups is 2. The molecule has 0 amide bonds. The zero-order valence-corrected chi connectivity index (χ0v) is 33.5. The van der Waals surface area contributed by atoms with Gasteiger partial charge >= 0.3 is 17.6 Å². The van der Waals surface area contributed by atoms with Crippen LogP contribution in [0.5, 0.6) is 0 Å². The highest BCUT2D eigenvalue weighted by Crippen LogP contribution is 2.51. The molecule has 2 aliphatic heterocycles. The molecule has 0 radical (unpaired) electrons. The van der Waals surface area contributed by atoms with Crippen LogP contribution in [-0.2, 0) is 24.5 Å². The fourth-order valence-corrected chi connectivity index (χ4v) is 9.02. The predicted octanol–water partition coefficient (Wildman–Crippen LogP) is 10.5. The van der Waals surface area contributed by atoms with Crippen LogP contribution in [-0.4, -0.2) is 42.2 Å². The van der Waals surface area contributed by atoms with Crippen molar-refractivity contribution in [2.24, 2.45) is 5.10 Å². The molecule has 6 aromatic rings. The summed E-state index contributed by atoms with van der Waals surface area (Å²) in [5.74, 6) is -1.81. The van der Waals surface area contributed by atoms with E-state index in [0.717, 1.165) is 68.2 Å². The second-order valence-corrected chi connectivity index (χ2v) is 15.5.